The van der Waals surface area contributed by atoms with E-state index in [1.165, 1.54) is 18.0 Å². The second-order valence-electron chi connectivity index (χ2n) is 6.66. The lowest BCUT2D eigenvalue weighted by atomic mass is 10.00. The van der Waals surface area contributed by atoms with Gasteiger partial charge in [0.2, 0.25) is 5.95 Å². The van der Waals surface area contributed by atoms with E-state index in [0.29, 0.717) is 21.1 Å². The molecule has 0 saturated heterocycles. The zero-order valence-electron chi connectivity index (χ0n) is 15.3. The van der Waals surface area contributed by atoms with Crippen molar-refractivity contribution in [2.45, 2.75) is 4.90 Å². The van der Waals surface area contributed by atoms with E-state index in [2.05, 4.69) is 9.97 Å². The van der Waals surface area contributed by atoms with Crippen molar-refractivity contribution in [2.75, 3.05) is 5.73 Å². The Balaban J connectivity index is 1.64. The predicted octanol–water partition coefficient (Wildman–Crippen LogP) is 6.84. The van der Waals surface area contributed by atoms with Crippen LogP contribution >= 0.6 is 35.1 Å². The summed E-state index contributed by atoms with van der Waals surface area (Å²) in [5.41, 5.74) is 8.48. The summed E-state index contributed by atoms with van der Waals surface area (Å²) in [7, 11) is 0. The van der Waals surface area contributed by atoms with Gasteiger partial charge in [-0.15, -0.1) is 0 Å². The van der Waals surface area contributed by atoms with E-state index in [1.807, 2.05) is 34.4 Å². The minimum Gasteiger partial charge on any atom is -0.368 e. The van der Waals surface area contributed by atoms with Crippen molar-refractivity contribution in [2.24, 2.45) is 0 Å². The maximum absolute atomic E-state index is 14.9. The molecule has 0 aliphatic heterocycles. The molecule has 2 aromatic heterocycles. The number of fused-ring (bicyclic) bond motifs is 2. The van der Waals surface area contributed by atoms with Crippen LogP contribution in [-0.2, 0) is 0 Å². The molecule has 30 heavy (non-hydrogen) atoms. The molecule has 0 saturated carbocycles. The lowest BCUT2D eigenvalue weighted by Gasteiger charge is -2.10. The fourth-order valence-corrected chi connectivity index (χ4v) is 4.78. The van der Waals surface area contributed by atoms with Crippen molar-refractivity contribution in [3.63, 3.8) is 0 Å². The largest absolute Gasteiger partial charge is 0.368 e. The van der Waals surface area contributed by atoms with Gasteiger partial charge in [-0.3, -0.25) is 3.97 Å². The minimum atomic E-state index is -0.304. The summed E-state index contributed by atoms with van der Waals surface area (Å²) in [5, 5.41) is 2.78. The Kier molecular flexibility index (Phi) is 4.77. The molecule has 8 heteroatoms. The van der Waals surface area contributed by atoms with Gasteiger partial charge >= 0.3 is 0 Å². The molecule has 4 nitrogen and oxygen atoms in total. The molecule has 148 valence electrons. The molecule has 2 N–H and O–H groups in total. The number of nitrogen functional groups attached to an aromatic ring is 1. The van der Waals surface area contributed by atoms with E-state index in [1.54, 1.807) is 30.5 Å². The van der Waals surface area contributed by atoms with Gasteiger partial charge in [0.15, 0.2) is 0 Å². The van der Waals surface area contributed by atoms with Crippen molar-refractivity contribution in [1.82, 2.24) is 13.9 Å². The number of aromatic nitrogens is 3. The van der Waals surface area contributed by atoms with E-state index < -0.39 is 0 Å². The Hall–Kier alpha value is -2.80. The highest BCUT2D eigenvalue weighted by atomic mass is 35.5. The molecular formula is C22H13Cl2FN4S. The van der Waals surface area contributed by atoms with Gasteiger partial charge in [-0.2, -0.15) is 0 Å². The van der Waals surface area contributed by atoms with Gasteiger partial charge in [-0.05, 0) is 66.0 Å². The summed E-state index contributed by atoms with van der Waals surface area (Å²) in [6.07, 6.45) is 3.53. The molecule has 3 aromatic carbocycles. The molecule has 0 amide bonds. The van der Waals surface area contributed by atoms with Crippen LogP contribution in [0, 0.1) is 5.82 Å². The average Bonchev–Trinajstić information content (AvgIpc) is 3.13. The number of hydrogen-bond acceptors (Lipinski definition) is 4. The quantitative estimate of drug-likeness (QED) is 0.324. The van der Waals surface area contributed by atoms with E-state index in [9.17, 15) is 4.39 Å². The highest BCUT2D eigenvalue weighted by Crippen LogP contribution is 2.38. The van der Waals surface area contributed by atoms with Crippen LogP contribution < -0.4 is 5.73 Å². The summed E-state index contributed by atoms with van der Waals surface area (Å²) < 4.78 is 16.9. The van der Waals surface area contributed by atoms with Gasteiger partial charge in [-0.1, -0.05) is 29.3 Å². The van der Waals surface area contributed by atoms with Gasteiger partial charge in [0, 0.05) is 38.6 Å². The first kappa shape index (κ1) is 19.2. The number of rotatable bonds is 3. The summed E-state index contributed by atoms with van der Waals surface area (Å²) in [6, 6.07) is 15.9. The van der Waals surface area contributed by atoms with Crippen LogP contribution in [-0.4, -0.2) is 13.9 Å². The van der Waals surface area contributed by atoms with E-state index in [-0.39, 0.29) is 11.8 Å². The monoisotopic (exact) mass is 454 g/mol. The molecule has 0 radical (unpaired) electrons. The third-order valence-electron chi connectivity index (χ3n) is 4.76. The molecule has 5 rings (SSSR count). The van der Waals surface area contributed by atoms with Crippen molar-refractivity contribution in [1.29, 1.82) is 0 Å². The standard InChI is InChI=1S/C22H13Cl2FN4S/c23-14-2-3-16(24)20(10-14)30-29-8-7-15-19(29)6-4-17(25)21(15)12-1-5-18-13(9-12)11-27-22(26)28-18/h1-11H,(H2,26,27,28). The first-order chi connectivity index (χ1) is 14.5. The Morgan fingerprint density at radius 1 is 1.00 bits per heavy atom. The Morgan fingerprint density at radius 3 is 2.73 bits per heavy atom. The normalized spacial score (nSPS) is 11.4. The maximum Gasteiger partial charge on any atom is 0.220 e. The number of benzene rings is 3. The minimum absolute atomic E-state index is 0.206. The lowest BCUT2D eigenvalue weighted by Crippen LogP contribution is -1.94. The summed E-state index contributed by atoms with van der Waals surface area (Å²) in [6.45, 7) is 0. The van der Waals surface area contributed by atoms with Crippen LogP contribution in [0.25, 0.3) is 32.9 Å². The smallest absolute Gasteiger partial charge is 0.220 e. The number of nitrogens with two attached hydrogens (primary N) is 1. The number of hydrogen-bond donors (Lipinski definition) is 1. The number of nitrogens with zero attached hydrogens (tertiary/aromatic N) is 3. The SMILES string of the molecule is Nc1ncc2cc(-c3c(F)ccc4c3ccn4Sc3cc(Cl)ccc3Cl)ccc2n1. The van der Waals surface area contributed by atoms with Crippen molar-refractivity contribution in [3.8, 4) is 11.1 Å². The Morgan fingerprint density at radius 2 is 1.87 bits per heavy atom. The predicted molar refractivity (Wildman–Crippen MR) is 123 cm³/mol. The third-order valence-corrected chi connectivity index (χ3v) is 6.49. The fraction of sp³-hybridized carbons (Fsp3) is 0. The van der Waals surface area contributed by atoms with Gasteiger partial charge < -0.3 is 5.73 Å². The highest BCUT2D eigenvalue weighted by Gasteiger charge is 2.15. The fourth-order valence-electron chi connectivity index (χ4n) is 3.39. The van der Waals surface area contributed by atoms with Crippen LogP contribution in [0.1, 0.15) is 0 Å². The lowest BCUT2D eigenvalue weighted by molar-refractivity contribution is 0.633. The zero-order chi connectivity index (χ0) is 20.8. The Labute approximate surface area is 185 Å². The average molecular weight is 455 g/mol. The first-order valence-corrected chi connectivity index (χ1v) is 10.5. The molecule has 0 atom stereocenters. The molecule has 0 aliphatic rings. The second-order valence-corrected chi connectivity index (χ2v) is 8.52. The van der Waals surface area contributed by atoms with Crippen LogP contribution in [0.4, 0.5) is 10.3 Å². The summed E-state index contributed by atoms with van der Waals surface area (Å²) in [4.78, 5) is 9.05. The highest BCUT2D eigenvalue weighted by molar-refractivity contribution is 7.98. The molecule has 0 fully saturated rings. The number of anilines is 1. The van der Waals surface area contributed by atoms with Crippen LogP contribution in [0.15, 0.2) is 71.9 Å². The van der Waals surface area contributed by atoms with Crippen molar-refractivity contribution < 1.29 is 4.39 Å². The molecule has 0 aliphatic carbocycles. The molecule has 2 heterocycles. The third kappa shape index (κ3) is 3.37. The summed E-state index contributed by atoms with van der Waals surface area (Å²) in [5.74, 6) is -0.0981. The van der Waals surface area contributed by atoms with E-state index in [0.717, 1.165) is 26.7 Å². The van der Waals surface area contributed by atoms with E-state index in [4.69, 9.17) is 28.9 Å². The molecule has 0 bridgehead atoms. The van der Waals surface area contributed by atoms with E-state index >= 15 is 0 Å². The Bertz CT molecular complexity index is 1430. The van der Waals surface area contributed by atoms with Crippen molar-refractivity contribution in [3.05, 3.63) is 82.9 Å². The van der Waals surface area contributed by atoms with Crippen LogP contribution in [0.5, 0.6) is 0 Å². The maximum atomic E-state index is 14.9. The van der Waals surface area contributed by atoms with Gasteiger partial charge in [0.05, 0.1) is 16.1 Å². The number of halogens is 3. The topological polar surface area (TPSA) is 56.7 Å². The van der Waals surface area contributed by atoms with Gasteiger partial charge in [0.1, 0.15) is 5.82 Å². The summed E-state index contributed by atoms with van der Waals surface area (Å²) >= 11 is 13.8. The van der Waals surface area contributed by atoms with Gasteiger partial charge in [0.25, 0.3) is 0 Å². The van der Waals surface area contributed by atoms with Crippen molar-refractivity contribution >= 4 is 62.9 Å². The van der Waals surface area contributed by atoms with Crippen LogP contribution in [0.3, 0.4) is 0 Å². The molecular weight excluding hydrogens is 442 g/mol. The first-order valence-electron chi connectivity index (χ1n) is 8.95. The van der Waals surface area contributed by atoms with Crippen LogP contribution in [0.2, 0.25) is 10.0 Å². The van der Waals surface area contributed by atoms with Gasteiger partial charge in [-0.25, -0.2) is 14.4 Å². The molecule has 0 spiro atoms. The zero-order valence-corrected chi connectivity index (χ0v) is 17.6. The molecule has 5 aromatic rings. The second kappa shape index (κ2) is 7.47. The molecule has 0 unspecified atom stereocenters.